The SMILES string of the molecule is Cc1ccc(F)c(C(=O)Nc2cc(Br)ccn2)c1F. The molecule has 0 radical (unpaired) electrons. The monoisotopic (exact) mass is 326 g/mol. The molecule has 98 valence electrons. The molecule has 0 saturated carbocycles. The number of aromatic nitrogens is 1. The van der Waals surface area contributed by atoms with Gasteiger partial charge in [0.25, 0.3) is 5.91 Å². The number of rotatable bonds is 2. The fourth-order valence-corrected chi connectivity index (χ4v) is 1.85. The molecule has 3 nitrogen and oxygen atoms in total. The average molecular weight is 327 g/mol. The molecule has 0 aliphatic carbocycles. The molecule has 19 heavy (non-hydrogen) atoms. The summed E-state index contributed by atoms with van der Waals surface area (Å²) in [6.45, 7) is 1.46. The van der Waals surface area contributed by atoms with Gasteiger partial charge in [-0.2, -0.15) is 0 Å². The Hall–Kier alpha value is -1.82. The molecule has 0 spiro atoms. The number of carbonyl (C=O) groups excluding carboxylic acids is 1. The van der Waals surface area contributed by atoms with Crippen LogP contribution in [-0.2, 0) is 0 Å². The summed E-state index contributed by atoms with van der Waals surface area (Å²) in [6.07, 6.45) is 1.46. The maximum absolute atomic E-state index is 13.8. The van der Waals surface area contributed by atoms with Crippen LogP contribution in [0, 0.1) is 18.6 Å². The molecule has 2 aromatic rings. The van der Waals surface area contributed by atoms with Gasteiger partial charge in [0.1, 0.15) is 23.0 Å². The molecule has 0 bridgehead atoms. The summed E-state index contributed by atoms with van der Waals surface area (Å²) in [6, 6.07) is 5.54. The van der Waals surface area contributed by atoms with Crippen LogP contribution in [0.25, 0.3) is 0 Å². The number of hydrogen-bond acceptors (Lipinski definition) is 2. The fraction of sp³-hybridized carbons (Fsp3) is 0.0769. The first kappa shape index (κ1) is 13.6. The fourth-order valence-electron chi connectivity index (χ4n) is 1.52. The van der Waals surface area contributed by atoms with Gasteiger partial charge in [0, 0.05) is 10.7 Å². The Morgan fingerprint density at radius 3 is 2.74 bits per heavy atom. The van der Waals surface area contributed by atoms with Crippen molar-refractivity contribution in [2.24, 2.45) is 0 Å². The number of carbonyl (C=O) groups is 1. The summed E-state index contributed by atoms with van der Waals surface area (Å²) in [5, 5.41) is 2.35. The van der Waals surface area contributed by atoms with Crippen molar-refractivity contribution in [2.45, 2.75) is 6.92 Å². The van der Waals surface area contributed by atoms with Crippen molar-refractivity contribution in [3.05, 3.63) is 57.7 Å². The third-order valence-corrected chi connectivity index (χ3v) is 2.97. The Morgan fingerprint density at radius 2 is 2.05 bits per heavy atom. The number of nitrogens with one attached hydrogen (secondary N) is 1. The molecule has 1 N–H and O–H groups in total. The van der Waals surface area contributed by atoms with Crippen molar-refractivity contribution in [1.29, 1.82) is 0 Å². The van der Waals surface area contributed by atoms with Crippen LogP contribution in [-0.4, -0.2) is 10.9 Å². The highest BCUT2D eigenvalue weighted by Crippen LogP contribution is 2.19. The number of anilines is 1. The molecular weight excluding hydrogens is 318 g/mol. The molecule has 1 aromatic heterocycles. The Kier molecular flexibility index (Phi) is 3.90. The van der Waals surface area contributed by atoms with Crippen LogP contribution in [0.5, 0.6) is 0 Å². The van der Waals surface area contributed by atoms with E-state index in [0.29, 0.717) is 4.47 Å². The van der Waals surface area contributed by atoms with Crippen molar-refractivity contribution >= 4 is 27.7 Å². The van der Waals surface area contributed by atoms with Gasteiger partial charge in [-0.1, -0.05) is 22.0 Å². The normalized spacial score (nSPS) is 10.3. The van der Waals surface area contributed by atoms with Gasteiger partial charge in [-0.15, -0.1) is 0 Å². The van der Waals surface area contributed by atoms with Crippen LogP contribution >= 0.6 is 15.9 Å². The molecule has 1 heterocycles. The number of amides is 1. The van der Waals surface area contributed by atoms with Gasteiger partial charge in [0.15, 0.2) is 0 Å². The first-order chi connectivity index (χ1) is 8.99. The number of aryl methyl sites for hydroxylation is 1. The zero-order valence-electron chi connectivity index (χ0n) is 9.88. The van der Waals surface area contributed by atoms with E-state index in [1.54, 1.807) is 6.07 Å². The predicted molar refractivity (Wildman–Crippen MR) is 71.0 cm³/mol. The summed E-state index contributed by atoms with van der Waals surface area (Å²) in [4.78, 5) is 15.8. The first-order valence-corrected chi connectivity index (χ1v) is 6.16. The number of hydrogen-bond donors (Lipinski definition) is 1. The summed E-state index contributed by atoms with van der Waals surface area (Å²) < 4.78 is 28.0. The summed E-state index contributed by atoms with van der Waals surface area (Å²) in [5.41, 5.74) is -0.407. The molecule has 0 saturated heterocycles. The molecular formula is C13H9BrF2N2O. The molecule has 1 amide bonds. The Labute approximate surface area is 116 Å². The molecule has 0 atom stereocenters. The maximum atomic E-state index is 13.8. The highest BCUT2D eigenvalue weighted by molar-refractivity contribution is 9.10. The third kappa shape index (κ3) is 2.96. The van der Waals surface area contributed by atoms with Crippen molar-refractivity contribution in [2.75, 3.05) is 5.32 Å². The standard InChI is InChI=1S/C13H9BrF2N2O/c1-7-2-3-9(15)11(12(7)16)13(19)18-10-6-8(14)4-5-17-10/h2-6H,1H3,(H,17,18,19). The number of halogens is 3. The summed E-state index contributed by atoms with van der Waals surface area (Å²) in [7, 11) is 0. The summed E-state index contributed by atoms with van der Waals surface area (Å²) in [5.74, 6) is -2.44. The third-order valence-electron chi connectivity index (χ3n) is 2.47. The van der Waals surface area contributed by atoms with E-state index in [2.05, 4.69) is 26.2 Å². The number of pyridine rings is 1. The summed E-state index contributed by atoms with van der Waals surface area (Å²) >= 11 is 3.21. The number of benzene rings is 1. The number of nitrogens with zero attached hydrogens (tertiary/aromatic N) is 1. The van der Waals surface area contributed by atoms with Crippen molar-refractivity contribution in [3.8, 4) is 0 Å². The average Bonchev–Trinajstić information content (AvgIpc) is 2.34. The van der Waals surface area contributed by atoms with Crippen molar-refractivity contribution in [1.82, 2.24) is 4.98 Å². The van der Waals surface area contributed by atoms with Gasteiger partial charge in [0.05, 0.1) is 0 Å². The zero-order valence-corrected chi connectivity index (χ0v) is 11.5. The lowest BCUT2D eigenvalue weighted by Gasteiger charge is -2.08. The van der Waals surface area contributed by atoms with Gasteiger partial charge in [-0.25, -0.2) is 13.8 Å². The molecule has 0 unspecified atom stereocenters. The van der Waals surface area contributed by atoms with Gasteiger partial charge in [0.2, 0.25) is 0 Å². The lowest BCUT2D eigenvalue weighted by Crippen LogP contribution is -2.17. The topological polar surface area (TPSA) is 42.0 Å². The van der Waals surface area contributed by atoms with E-state index in [-0.39, 0.29) is 11.4 Å². The highest BCUT2D eigenvalue weighted by atomic mass is 79.9. The molecule has 1 aromatic carbocycles. The van der Waals surface area contributed by atoms with E-state index >= 15 is 0 Å². The van der Waals surface area contributed by atoms with Gasteiger partial charge in [-0.3, -0.25) is 4.79 Å². The Bertz CT molecular complexity index is 647. The van der Waals surface area contributed by atoms with Crippen LogP contribution in [0.4, 0.5) is 14.6 Å². The smallest absolute Gasteiger partial charge is 0.262 e. The maximum Gasteiger partial charge on any atom is 0.262 e. The largest absolute Gasteiger partial charge is 0.306 e. The molecule has 0 aliphatic rings. The quantitative estimate of drug-likeness (QED) is 0.914. The minimum Gasteiger partial charge on any atom is -0.306 e. The van der Waals surface area contributed by atoms with Crippen molar-refractivity contribution in [3.63, 3.8) is 0 Å². The Morgan fingerprint density at radius 1 is 1.32 bits per heavy atom. The van der Waals surface area contributed by atoms with Crippen LogP contribution in [0.15, 0.2) is 34.9 Å². The van der Waals surface area contributed by atoms with Crippen LogP contribution in [0.1, 0.15) is 15.9 Å². The van der Waals surface area contributed by atoms with E-state index in [4.69, 9.17) is 0 Å². The highest BCUT2D eigenvalue weighted by Gasteiger charge is 2.19. The van der Waals surface area contributed by atoms with E-state index in [9.17, 15) is 13.6 Å². The van der Waals surface area contributed by atoms with Crippen LogP contribution < -0.4 is 5.32 Å². The van der Waals surface area contributed by atoms with E-state index in [1.165, 1.54) is 25.3 Å². The van der Waals surface area contributed by atoms with Crippen LogP contribution in [0.2, 0.25) is 0 Å². The lowest BCUT2D eigenvalue weighted by atomic mass is 10.1. The van der Waals surface area contributed by atoms with Crippen LogP contribution in [0.3, 0.4) is 0 Å². The Balaban J connectivity index is 2.33. The second-order valence-corrected chi connectivity index (χ2v) is 4.78. The molecule has 0 aliphatic heterocycles. The first-order valence-electron chi connectivity index (χ1n) is 5.36. The molecule has 0 fully saturated rings. The van der Waals surface area contributed by atoms with Gasteiger partial charge in [-0.05, 0) is 30.7 Å². The molecule has 2 rings (SSSR count). The zero-order chi connectivity index (χ0) is 14.0. The van der Waals surface area contributed by atoms with E-state index in [0.717, 1.165) is 6.07 Å². The minimum atomic E-state index is -0.907. The second-order valence-electron chi connectivity index (χ2n) is 3.87. The van der Waals surface area contributed by atoms with Crippen molar-refractivity contribution < 1.29 is 13.6 Å². The minimum absolute atomic E-state index is 0.203. The second kappa shape index (κ2) is 5.44. The van der Waals surface area contributed by atoms with E-state index in [1.807, 2.05) is 0 Å². The van der Waals surface area contributed by atoms with Gasteiger partial charge < -0.3 is 5.32 Å². The van der Waals surface area contributed by atoms with E-state index < -0.39 is 23.1 Å². The van der Waals surface area contributed by atoms with Gasteiger partial charge >= 0.3 is 0 Å². The molecule has 6 heteroatoms. The lowest BCUT2D eigenvalue weighted by molar-refractivity contribution is 0.101. The predicted octanol–water partition coefficient (Wildman–Crippen LogP) is 3.68.